The SMILES string of the molecule is CC1CCCC/C=C\C/C=C\CCCCCCCC(C)C(C)(O)CCCCCCC/C=C\C/C=C\CCCCC1C. The third kappa shape index (κ3) is 23.1. The van der Waals surface area contributed by atoms with E-state index in [4.69, 9.17) is 0 Å². The van der Waals surface area contributed by atoms with Crippen LogP contribution < -0.4 is 0 Å². The first-order chi connectivity index (χ1) is 19.9. The fourth-order valence-corrected chi connectivity index (χ4v) is 6.12. The van der Waals surface area contributed by atoms with Crippen molar-refractivity contribution in [2.45, 2.75) is 187 Å². The molecule has 4 atom stereocenters. The van der Waals surface area contributed by atoms with Crippen molar-refractivity contribution >= 4 is 0 Å². The number of hydrogen-bond donors (Lipinski definition) is 1. The van der Waals surface area contributed by atoms with E-state index in [-0.39, 0.29) is 0 Å². The summed E-state index contributed by atoms with van der Waals surface area (Å²) in [5.41, 5.74) is -0.498. The lowest BCUT2D eigenvalue weighted by Crippen LogP contribution is -2.32. The summed E-state index contributed by atoms with van der Waals surface area (Å²) in [5, 5.41) is 11.0. The van der Waals surface area contributed by atoms with Crippen molar-refractivity contribution in [3.63, 3.8) is 0 Å². The van der Waals surface area contributed by atoms with Crippen LogP contribution >= 0.6 is 0 Å². The van der Waals surface area contributed by atoms with Crippen molar-refractivity contribution in [2.75, 3.05) is 0 Å². The van der Waals surface area contributed by atoms with Crippen LogP contribution in [0.15, 0.2) is 48.6 Å². The smallest absolute Gasteiger partial charge is 0.0645 e. The molecule has 0 amide bonds. The van der Waals surface area contributed by atoms with Gasteiger partial charge in [0.2, 0.25) is 0 Å². The fraction of sp³-hybridized carbons (Fsp3) is 0.800. The standard InChI is InChI=1S/C40H72O/c1-37-33-29-25-21-17-13-9-5-6-11-15-19-23-27-31-35-39(3)40(4,41)36-32-28-24-20-16-12-8-7-10-14-18-22-26-30-34-38(37)2/h5-8,13-14,17-18,37-39,41H,9-12,15-16,19-36H2,1-4H3/b6-5-,8-7-,17-13-,18-14-. The average molecular weight is 569 g/mol. The van der Waals surface area contributed by atoms with E-state index >= 15 is 0 Å². The van der Waals surface area contributed by atoms with Gasteiger partial charge in [-0.2, -0.15) is 0 Å². The summed E-state index contributed by atoms with van der Waals surface area (Å²) in [4.78, 5) is 0. The Morgan fingerprint density at radius 1 is 0.439 bits per heavy atom. The van der Waals surface area contributed by atoms with Crippen LogP contribution in [0.25, 0.3) is 0 Å². The lowest BCUT2D eigenvalue weighted by molar-refractivity contribution is -0.00804. The molecule has 1 nitrogen and oxygen atoms in total. The van der Waals surface area contributed by atoms with Crippen LogP contribution in [0, 0.1) is 17.8 Å². The Bertz CT molecular complexity index is 681. The highest BCUT2D eigenvalue weighted by molar-refractivity contribution is 4.93. The highest BCUT2D eigenvalue weighted by atomic mass is 16.3. The summed E-state index contributed by atoms with van der Waals surface area (Å²) < 4.78 is 0. The van der Waals surface area contributed by atoms with Gasteiger partial charge in [0.25, 0.3) is 0 Å². The molecule has 1 aliphatic rings. The molecule has 0 fully saturated rings. The maximum absolute atomic E-state index is 11.0. The minimum absolute atomic E-state index is 0.404. The van der Waals surface area contributed by atoms with Crippen LogP contribution in [0.4, 0.5) is 0 Å². The van der Waals surface area contributed by atoms with Gasteiger partial charge >= 0.3 is 0 Å². The minimum atomic E-state index is -0.498. The van der Waals surface area contributed by atoms with Gasteiger partial charge in [0.05, 0.1) is 5.60 Å². The highest BCUT2D eigenvalue weighted by Crippen LogP contribution is 2.28. The summed E-state index contributed by atoms with van der Waals surface area (Å²) >= 11 is 0. The third-order valence-electron chi connectivity index (χ3n) is 9.87. The van der Waals surface area contributed by atoms with E-state index < -0.39 is 5.60 Å². The van der Waals surface area contributed by atoms with Crippen molar-refractivity contribution in [3.05, 3.63) is 48.6 Å². The zero-order valence-electron chi connectivity index (χ0n) is 28.3. The second-order valence-electron chi connectivity index (χ2n) is 13.8. The van der Waals surface area contributed by atoms with Crippen molar-refractivity contribution in [1.29, 1.82) is 0 Å². The topological polar surface area (TPSA) is 20.2 Å². The molecule has 0 bridgehead atoms. The highest BCUT2D eigenvalue weighted by Gasteiger charge is 2.27. The largest absolute Gasteiger partial charge is 0.390 e. The van der Waals surface area contributed by atoms with Gasteiger partial charge in [-0.05, 0) is 102 Å². The first kappa shape index (κ1) is 37.9. The van der Waals surface area contributed by atoms with Crippen LogP contribution in [0.2, 0.25) is 0 Å². The Kier molecular flexibility index (Phi) is 24.6. The van der Waals surface area contributed by atoms with E-state index in [0.29, 0.717) is 5.92 Å². The molecule has 1 heteroatoms. The molecule has 0 saturated heterocycles. The van der Waals surface area contributed by atoms with Crippen LogP contribution in [0.5, 0.6) is 0 Å². The van der Waals surface area contributed by atoms with Crippen molar-refractivity contribution in [2.24, 2.45) is 17.8 Å². The molecule has 0 saturated carbocycles. The molecular formula is C40H72O. The Morgan fingerprint density at radius 2 is 0.780 bits per heavy atom. The minimum Gasteiger partial charge on any atom is -0.390 e. The summed E-state index contributed by atoms with van der Waals surface area (Å²) in [6, 6.07) is 0. The third-order valence-corrected chi connectivity index (χ3v) is 9.87. The number of hydrogen-bond acceptors (Lipinski definition) is 1. The zero-order valence-corrected chi connectivity index (χ0v) is 28.3. The Morgan fingerprint density at radius 3 is 1.24 bits per heavy atom. The van der Waals surface area contributed by atoms with Gasteiger partial charge < -0.3 is 5.11 Å². The van der Waals surface area contributed by atoms with Gasteiger partial charge in [-0.25, -0.2) is 0 Å². The molecule has 4 unspecified atom stereocenters. The molecule has 0 heterocycles. The first-order valence-electron chi connectivity index (χ1n) is 18.3. The quantitative estimate of drug-likeness (QED) is 0.288. The Hall–Kier alpha value is -1.08. The lowest BCUT2D eigenvalue weighted by atomic mass is 9.82. The normalized spacial score (nSPS) is 33.2. The second-order valence-corrected chi connectivity index (χ2v) is 13.8. The molecule has 0 aromatic rings. The van der Waals surface area contributed by atoms with Crippen LogP contribution in [-0.4, -0.2) is 10.7 Å². The number of aliphatic hydroxyl groups is 1. The van der Waals surface area contributed by atoms with E-state index in [2.05, 4.69) is 76.3 Å². The summed E-state index contributed by atoms with van der Waals surface area (Å²) in [6.07, 6.45) is 49.3. The molecule has 1 N–H and O–H groups in total. The van der Waals surface area contributed by atoms with Gasteiger partial charge in [0.1, 0.15) is 0 Å². The number of allylic oxidation sites excluding steroid dienone is 8. The molecule has 1 rings (SSSR count). The van der Waals surface area contributed by atoms with Gasteiger partial charge in [-0.3, -0.25) is 0 Å². The lowest BCUT2D eigenvalue weighted by Gasteiger charge is -2.30. The average Bonchev–Trinajstić information content (AvgIpc) is 2.95. The first-order valence-corrected chi connectivity index (χ1v) is 18.3. The van der Waals surface area contributed by atoms with Crippen molar-refractivity contribution in [3.8, 4) is 0 Å². The van der Waals surface area contributed by atoms with Crippen LogP contribution in [0.3, 0.4) is 0 Å². The molecule has 238 valence electrons. The van der Waals surface area contributed by atoms with Crippen LogP contribution in [0.1, 0.15) is 182 Å². The maximum Gasteiger partial charge on any atom is 0.0645 e. The predicted octanol–water partition coefficient (Wildman–Crippen LogP) is 13.2. The van der Waals surface area contributed by atoms with Gasteiger partial charge in [0, 0.05) is 0 Å². The van der Waals surface area contributed by atoms with Gasteiger partial charge in [-0.15, -0.1) is 0 Å². The fourth-order valence-electron chi connectivity index (χ4n) is 6.12. The molecular weight excluding hydrogens is 496 g/mol. The van der Waals surface area contributed by atoms with E-state index in [1.54, 1.807) is 0 Å². The summed E-state index contributed by atoms with van der Waals surface area (Å²) in [6.45, 7) is 9.29. The van der Waals surface area contributed by atoms with E-state index in [0.717, 1.165) is 31.1 Å². The van der Waals surface area contributed by atoms with Crippen molar-refractivity contribution in [1.82, 2.24) is 0 Å². The van der Waals surface area contributed by atoms with Gasteiger partial charge in [0.15, 0.2) is 0 Å². The summed E-state index contributed by atoms with van der Waals surface area (Å²) in [7, 11) is 0. The molecule has 41 heavy (non-hydrogen) atoms. The molecule has 0 aromatic heterocycles. The Labute approximate surface area is 258 Å². The van der Waals surface area contributed by atoms with Gasteiger partial charge in [-0.1, -0.05) is 146 Å². The maximum atomic E-state index is 11.0. The van der Waals surface area contributed by atoms with Crippen LogP contribution in [-0.2, 0) is 0 Å². The van der Waals surface area contributed by atoms with Crippen molar-refractivity contribution < 1.29 is 5.11 Å². The molecule has 0 aromatic carbocycles. The zero-order chi connectivity index (χ0) is 29.9. The second kappa shape index (κ2) is 26.5. The number of rotatable bonds is 0. The van der Waals surface area contributed by atoms with E-state index in [1.165, 1.54) is 135 Å². The van der Waals surface area contributed by atoms with E-state index in [1.807, 2.05) is 0 Å². The monoisotopic (exact) mass is 569 g/mol. The molecule has 1 aliphatic carbocycles. The molecule has 0 spiro atoms. The Balaban J connectivity index is 2.36. The predicted molar refractivity (Wildman–Crippen MR) is 185 cm³/mol. The van der Waals surface area contributed by atoms with E-state index in [9.17, 15) is 5.11 Å². The molecule has 0 radical (unpaired) electrons. The molecule has 0 aliphatic heterocycles. The summed E-state index contributed by atoms with van der Waals surface area (Å²) in [5.74, 6) is 2.12.